The van der Waals surface area contributed by atoms with Crippen LogP contribution in [-0.2, 0) is 4.79 Å². The summed E-state index contributed by atoms with van der Waals surface area (Å²) in [5, 5.41) is 0. The number of carbonyl (C=O) groups excluding carboxylic acids is 1. The van der Waals surface area contributed by atoms with E-state index in [9.17, 15) is 4.79 Å². The predicted molar refractivity (Wildman–Crippen MR) is 84.4 cm³/mol. The number of rotatable bonds is 6. The minimum atomic E-state index is -0.361. The molecule has 3 nitrogen and oxygen atoms in total. The zero-order chi connectivity index (χ0) is 14.4. The van der Waals surface area contributed by atoms with Crippen molar-refractivity contribution < 1.29 is 4.79 Å². The van der Waals surface area contributed by atoms with Gasteiger partial charge in [-0.05, 0) is 38.0 Å². The van der Waals surface area contributed by atoms with E-state index in [0.717, 1.165) is 17.7 Å². The minimum Gasteiger partial charge on any atom is -0.393 e. The Morgan fingerprint density at radius 2 is 2.11 bits per heavy atom. The maximum Gasteiger partial charge on any atom is 0.236 e. The summed E-state index contributed by atoms with van der Waals surface area (Å²) in [7, 11) is 0. The summed E-state index contributed by atoms with van der Waals surface area (Å²) in [5.74, 6) is -0.358. The summed E-state index contributed by atoms with van der Waals surface area (Å²) in [5.41, 5.74) is 7.75. The lowest BCUT2D eigenvalue weighted by Crippen LogP contribution is -2.41. The maximum absolute atomic E-state index is 12.6. The van der Waals surface area contributed by atoms with Gasteiger partial charge in [0.2, 0.25) is 5.91 Å². The summed E-state index contributed by atoms with van der Waals surface area (Å²) in [6, 6.07) is 7.91. The van der Waals surface area contributed by atoms with Gasteiger partial charge in [-0.3, -0.25) is 4.79 Å². The third kappa shape index (κ3) is 4.03. The number of amides is 1. The first-order valence-electron chi connectivity index (χ1n) is 6.68. The molecule has 1 aromatic carbocycles. The van der Waals surface area contributed by atoms with E-state index in [0.29, 0.717) is 13.0 Å². The summed E-state index contributed by atoms with van der Waals surface area (Å²) in [6.45, 7) is 6.62. The second-order valence-electron chi connectivity index (χ2n) is 4.67. The third-order valence-electron chi connectivity index (χ3n) is 3.11. The molecule has 0 radical (unpaired) electrons. The van der Waals surface area contributed by atoms with Gasteiger partial charge in [0.1, 0.15) is 0 Å². The Labute approximate surface area is 120 Å². The topological polar surface area (TPSA) is 46.3 Å². The molecule has 2 N–H and O–H groups in total. The van der Waals surface area contributed by atoms with Gasteiger partial charge in [0.05, 0.1) is 10.9 Å². The van der Waals surface area contributed by atoms with Gasteiger partial charge in [-0.15, -0.1) is 0 Å². The Balaban J connectivity index is 3.01. The van der Waals surface area contributed by atoms with Crippen LogP contribution in [0.15, 0.2) is 24.3 Å². The van der Waals surface area contributed by atoms with Crippen molar-refractivity contribution in [3.8, 4) is 0 Å². The third-order valence-corrected chi connectivity index (χ3v) is 3.40. The van der Waals surface area contributed by atoms with Crippen LogP contribution < -0.4 is 10.6 Å². The largest absolute Gasteiger partial charge is 0.393 e. The Kier molecular flexibility index (Phi) is 5.96. The Morgan fingerprint density at radius 3 is 2.58 bits per heavy atom. The predicted octanol–water partition coefficient (Wildman–Crippen LogP) is 3.05. The van der Waals surface area contributed by atoms with E-state index in [2.05, 4.69) is 0 Å². The molecular weight excluding hydrogens is 256 g/mol. The van der Waals surface area contributed by atoms with Crippen LogP contribution >= 0.6 is 12.2 Å². The molecule has 0 aliphatic carbocycles. The Morgan fingerprint density at radius 1 is 1.42 bits per heavy atom. The molecule has 0 spiro atoms. The molecule has 1 atom stereocenters. The smallest absolute Gasteiger partial charge is 0.236 e. The van der Waals surface area contributed by atoms with Gasteiger partial charge in [-0.2, -0.15) is 0 Å². The zero-order valence-corrected chi connectivity index (χ0v) is 12.7. The Bertz CT molecular complexity index is 459. The number of carbonyl (C=O) groups is 1. The van der Waals surface area contributed by atoms with E-state index in [1.54, 1.807) is 4.90 Å². The van der Waals surface area contributed by atoms with Gasteiger partial charge < -0.3 is 10.6 Å². The molecule has 4 heteroatoms. The second kappa shape index (κ2) is 7.24. The van der Waals surface area contributed by atoms with Gasteiger partial charge >= 0.3 is 0 Å². The summed E-state index contributed by atoms with van der Waals surface area (Å²) in [6.07, 6.45) is 1.59. The summed E-state index contributed by atoms with van der Waals surface area (Å²) in [4.78, 5) is 14.6. The van der Waals surface area contributed by atoms with Gasteiger partial charge in [-0.1, -0.05) is 37.7 Å². The van der Waals surface area contributed by atoms with Crippen LogP contribution in [0.2, 0.25) is 0 Å². The van der Waals surface area contributed by atoms with Gasteiger partial charge in [0.15, 0.2) is 0 Å². The van der Waals surface area contributed by atoms with Crippen molar-refractivity contribution in [3.63, 3.8) is 0 Å². The lowest BCUT2D eigenvalue weighted by atomic mass is 10.0. The number of benzene rings is 1. The highest BCUT2D eigenvalue weighted by molar-refractivity contribution is 7.80. The average Bonchev–Trinajstić information content (AvgIpc) is 2.36. The van der Waals surface area contributed by atoms with E-state index >= 15 is 0 Å². The number of aryl methyl sites for hydroxylation is 1. The molecule has 0 saturated heterocycles. The molecule has 0 saturated carbocycles. The molecule has 0 heterocycles. The van der Waals surface area contributed by atoms with Gasteiger partial charge in [0, 0.05) is 12.2 Å². The van der Waals surface area contributed by atoms with E-state index in [1.807, 2.05) is 45.0 Å². The monoisotopic (exact) mass is 278 g/mol. The number of hydrogen-bond acceptors (Lipinski definition) is 2. The normalized spacial score (nSPS) is 11.9. The van der Waals surface area contributed by atoms with Crippen molar-refractivity contribution >= 4 is 28.8 Å². The van der Waals surface area contributed by atoms with Crippen LogP contribution in [-0.4, -0.2) is 17.4 Å². The molecule has 1 amide bonds. The summed E-state index contributed by atoms with van der Waals surface area (Å²) >= 11 is 5.03. The first-order chi connectivity index (χ1) is 9.01. The zero-order valence-electron chi connectivity index (χ0n) is 11.8. The first kappa shape index (κ1) is 15.6. The van der Waals surface area contributed by atoms with E-state index < -0.39 is 0 Å². The quantitative estimate of drug-likeness (QED) is 0.814. The molecule has 104 valence electrons. The number of nitrogens with two attached hydrogens (primary N) is 1. The highest BCUT2D eigenvalue weighted by atomic mass is 32.1. The van der Waals surface area contributed by atoms with Crippen molar-refractivity contribution in [1.29, 1.82) is 0 Å². The standard InChI is InChI=1S/C15H22N2OS/c1-4-7-13(14(16)19)15(18)17(5-2)12-9-6-8-11(3)10-12/h6,8-10,13H,4-5,7H2,1-3H3,(H2,16,19). The van der Waals surface area contributed by atoms with Crippen LogP contribution in [0.5, 0.6) is 0 Å². The first-order valence-corrected chi connectivity index (χ1v) is 7.09. The molecule has 0 bridgehead atoms. The Hall–Kier alpha value is -1.42. The molecule has 1 rings (SSSR count). The van der Waals surface area contributed by atoms with E-state index in [1.165, 1.54) is 0 Å². The fourth-order valence-electron chi connectivity index (χ4n) is 2.13. The fraction of sp³-hybridized carbons (Fsp3) is 0.467. The van der Waals surface area contributed by atoms with Crippen molar-refractivity contribution in [3.05, 3.63) is 29.8 Å². The van der Waals surface area contributed by atoms with Crippen LogP contribution in [0.1, 0.15) is 32.3 Å². The number of hydrogen-bond donors (Lipinski definition) is 1. The van der Waals surface area contributed by atoms with Gasteiger partial charge in [0.25, 0.3) is 0 Å². The van der Waals surface area contributed by atoms with E-state index in [4.69, 9.17) is 18.0 Å². The highest BCUT2D eigenvalue weighted by Gasteiger charge is 2.26. The molecule has 1 aromatic rings. The maximum atomic E-state index is 12.6. The molecule has 0 aromatic heterocycles. The van der Waals surface area contributed by atoms with Crippen molar-refractivity contribution in [1.82, 2.24) is 0 Å². The number of anilines is 1. The van der Waals surface area contributed by atoms with Crippen LogP contribution in [0, 0.1) is 12.8 Å². The number of thiocarbonyl (C=S) groups is 1. The molecule has 1 unspecified atom stereocenters. The second-order valence-corrected chi connectivity index (χ2v) is 5.14. The number of nitrogens with zero attached hydrogens (tertiary/aromatic N) is 1. The highest BCUT2D eigenvalue weighted by Crippen LogP contribution is 2.20. The molecule has 0 fully saturated rings. The minimum absolute atomic E-state index is 0.00227. The van der Waals surface area contributed by atoms with Crippen LogP contribution in [0.4, 0.5) is 5.69 Å². The molecule has 0 aliphatic rings. The average molecular weight is 278 g/mol. The van der Waals surface area contributed by atoms with Crippen LogP contribution in [0.25, 0.3) is 0 Å². The van der Waals surface area contributed by atoms with Crippen molar-refractivity contribution in [2.45, 2.75) is 33.6 Å². The van der Waals surface area contributed by atoms with Gasteiger partial charge in [-0.25, -0.2) is 0 Å². The van der Waals surface area contributed by atoms with Crippen LogP contribution in [0.3, 0.4) is 0 Å². The molecule has 19 heavy (non-hydrogen) atoms. The van der Waals surface area contributed by atoms with Crippen molar-refractivity contribution in [2.24, 2.45) is 11.7 Å². The summed E-state index contributed by atoms with van der Waals surface area (Å²) < 4.78 is 0. The lowest BCUT2D eigenvalue weighted by molar-refractivity contribution is -0.120. The SMILES string of the molecule is CCCC(C(=O)N(CC)c1cccc(C)c1)C(N)=S. The van der Waals surface area contributed by atoms with Crippen molar-refractivity contribution in [2.75, 3.05) is 11.4 Å². The fourth-order valence-corrected chi connectivity index (χ4v) is 2.34. The molecule has 0 aliphatic heterocycles. The lowest BCUT2D eigenvalue weighted by Gasteiger charge is -2.26. The molecular formula is C15H22N2OS. The van der Waals surface area contributed by atoms with E-state index in [-0.39, 0.29) is 16.8 Å².